The molecule has 0 radical (unpaired) electrons. The fourth-order valence-corrected chi connectivity index (χ4v) is 2.55. The summed E-state index contributed by atoms with van der Waals surface area (Å²) in [5.74, 6) is 0.280. The Morgan fingerprint density at radius 3 is 2.47 bits per heavy atom. The fraction of sp³-hybridized carbons (Fsp3) is 0.273. The van der Waals surface area contributed by atoms with Crippen molar-refractivity contribution in [2.45, 2.75) is 13.8 Å². The molecule has 0 aliphatic carbocycles. The maximum absolute atomic E-state index is 10.5. The van der Waals surface area contributed by atoms with Crippen molar-refractivity contribution in [2.24, 2.45) is 5.16 Å². The van der Waals surface area contributed by atoms with E-state index in [-0.39, 0.29) is 0 Å². The van der Waals surface area contributed by atoms with Crippen LogP contribution in [0.25, 0.3) is 0 Å². The summed E-state index contributed by atoms with van der Waals surface area (Å²) in [6, 6.07) is 3.64. The topological polar surface area (TPSA) is 47.9 Å². The molecule has 1 aromatic carbocycles. The van der Waals surface area contributed by atoms with Crippen molar-refractivity contribution < 1.29 is 14.4 Å². The van der Waals surface area contributed by atoms with Crippen LogP contribution in [0.5, 0.6) is 5.75 Å². The second-order valence-corrected chi connectivity index (χ2v) is 4.77. The predicted molar refractivity (Wildman–Crippen MR) is 72.4 cm³/mol. The molecule has 0 amide bonds. The average Bonchev–Trinajstić information content (AvgIpc) is 2.23. The summed E-state index contributed by atoms with van der Waals surface area (Å²) < 4.78 is 7.05. The highest BCUT2D eigenvalue weighted by Crippen LogP contribution is 2.34. The first-order valence-electron chi connectivity index (χ1n) is 4.87. The van der Waals surface area contributed by atoms with Gasteiger partial charge in [0.1, 0.15) is 5.75 Å². The van der Waals surface area contributed by atoms with Gasteiger partial charge in [-0.05, 0) is 56.5 Å². The molecular formula is C11H11Br2NO3. The molecule has 0 heterocycles. The van der Waals surface area contributed by atoms with E-state index in [1.165, 1.54) is 13.1 Å². The van der Waals surface area contributed by atoms with Crippen LogP contribution in [0.3, 0.4) is 0 Å². The molecule has 17 heavy (non-hydrogen) atoms. The van der Waals surface area contributed by atoms with Gasteiger partial charge in [-0.15, -0.1) is 0 Å². The summed E-state index contributed by atoms with van der Waals surface area (Å²) in [6.45, 7) is 3.79. The molecule has 0 N–H and O–H groups in total. The summed E-state index contributed by atoms with van der Waals surface area (Å²) in [4.78, 5) is 15.0. The number of rotatable bonds is 4. The Morgan fingerprint density at radius 1 is 1.41 bits per heavy atom. The molecule has 0 aliphatic heterocycles. The molecule has 0 spiro atoms. The molecule has 0 saturated carbocycles. The molecule has 0 atom stereocenters. The number of benzene rings is 1. The van der Waals surface area contributed by atoms with Gasteiger partial charge in [-0.2, -0.15) is 0 Å². The number of halogens is 2. The average molecular weight is 365 g/mol. The Kier molecular flexibility index (Phi) is 5.64. The quantitative estimate of drug-likeness (QED) is 0.466. The van der Waals surface area contributed by atoms with Gasteiger partial charge in [0, 0.05) is 6.92 Å². The molecule has 6 heteroatoms. The van der Waals surface area contributed by atoms with Gasteiger partial charge in [-0.3, -0.25) is 0 Å². The zero-order valence-corrected chi connectivity index (χ0v) is 12.5. The normalized spacial score (nSPS) is 10.6. The van der Waals surface area contributed by atoms with Crippen LogP contribution in [-0.2, 0) is 9.63 Å². The van der Waals surface area contributed by atoms with Gasteiger partial charge in [0.2, 0.25) is 0 Å². The Hall–Kier alpha value is -0.880. The fourth-order valence-electron chi connectivity index (χ4n) is 1.10. The Labute approximate surface area is 116 Å². The van der Waals surface area contributed by atoms with E-state index in [2.05, 4.69) is 41.9 Å². The van der Waals surface area contributed by atoms with E-state index in [0.29, 0.717) is 6.61 Å². The molecule has 0 fully saturated rings. The lowest BCUT2D eigenvalue weighted by molar-refractivity contribution is -0.140. The zero-order chi connectivity index (χ0) is 12.8. The number of hydrogen-bond donors (Lipinski definition) is 0. The van der Waals surface area contributed by atoms with E-state index in [0.717, 1.165) is 20.3 Å². The van der Waals surface area contributed by atoms with E-state index in [9.17, 15) is 4.79 Å². The summed E-state index contributed by atoms with van der Waals surface area (Å²) in [5.41, 5.74) is 0.786. The van der Waals surface area contributed by atoms with Gasteiger partial charge in [-0.1, -0.05) is 5.16 Å². The molecule has 0 aromatic heterocycles. The summed E-state index contributed by atoms with van der Waals surface area (Å²) in [7, 11) is 0. The highest BCUT2D eigenvalue weighted by atomic mass is 79.9. The molecule has 1 aromatic rings. The lowest BCUT2D eigenvalue weighted by Crippen LogP contribution is -1.96. The van der Waals surface area contributed by atoms with Crippen LogP contribution in [-0.4, -0.2) is 18.8 Å². The number of oxime groups is 1. The molecule has 0 bridgehead atoms. The van der Waals surface area contributed by atoms with Crippen molar-refractivity contribution in [1.82, 2.24) is 0 Å². The minimum atomic E-state index is -0.453. The number of carbonyl (C=O) groups is 1. The summed E-state index contributed by atoms with van der Waals surface area (Å²) in [5, 5.41) is 3.54. The van der Waals surface area contributed by atoms with Crippen LogP contribution in [0.4, 0.5) is 0 Å². The standard InChI is InChI=1S/C11H11Br2NO3/c1-3-16-11-9(12)4-8(5-10(11)13)6-14-17-7(2)15/h4-6H,3H2,1-2H3/b14-6+. The van der Waals surface area contributed by atoms with Crippen LogP contribution in [0.15, 0.2) is 26.2 Å². The Bertz CT molecular complexity index is 423. The maximum atomic E-state index is 10.5. The highest BCUT2D eigenvalue weighted by Gasteiger charge is 2.07. The number of nitrogens with zero attached hydrogens (tertiary/aromatic N) is 1. The maximum Gasteiger partial charge on any atom is 0.331 e. The Morgan fingerprint density at radius 2 is 2.00 bits per heavy atom. The minimum absolute atomic E-state index is 0.453. The largest absolute Gasteiger partial charge is 0.492 e. The van der Waals surface area contributed by atoms with E-state index in [4.69, 9.17) is 4.74 Å². The van der Waals surface area contributed by atoms with Crippen LogP contribution in [0, 0.1) is 0 Å². The van der Waals surface area contributed by atoms with Gasteiger partial charge in [-0.25, -0.2) is 4.79 Å². The third-order valence-electron chi connectivity index (χ3n) is 1.69. The number of hydrogen-bond acceptors (Lipinski definition) is 4. The lowest BCUT2D eigenvalue weighted by atomic mass is 10.2. The molecule has 1 rings (SSSR count). The monoisotopic (exact) mass is 363 g/mol. The minimum Gasteiger partial charge on any atom is -0.492 e. The molecular weight excluding hydrogens is 354 g/mol. The SMILES string of the molecule is CCOc1c(Br)cc(/C=N/OC(C)=O)cc1Br. The molecule has 0 aliphatic rings. The van der Waals surface area contributed by atoms with E-state index >= 15 is 0 Å². The van der Waals surface area contributed by atoms with Crippen LogP contribution in [0.1, 0.15) is 19.4 Å². The van der Waals surface area contributed by atoms with Crippen LogP contribution < -0.4 is 4.74 Å². The van der Waals surface area contributed by atoms with E-state index in [1.807, 2.05) is 19.1 Å². The van der Waals surface area contributed by atoms with Crippen molar-refractivity contribution >= 4 is 44.0 Å². The van der Waals surface area contributed by atoms with E-state index < -0.39 is 5.97 Å². The smallest absolute Gasteiger partial charge is 0.331 e. The first-order valence-corrected chi connectivity index (χ1v) is 6.46. The van der Waals surface area contributed by atoms with Gasteiger partial charge in [0.15, 0.2) is 0 Å². The van der Waals surface area contributed by atoms with Crippen molar-refractivity contribution in [1.29, 1.82) is 0 Å². The van der Waals surface area contributed by atoms with Crippen molar-refractivity contribution in [2.75, 3.05) is 6.61 Å². The van der Waals surface area contributed by atoms with Gasteiger partial charge >= 0.3 is 5.97 Å². The highest BCUT2D eigenvalue weighted by molar-refractivity contribution is 9.11. The van der Waals surface area contributed by atoms with Crippen LogP contribution in [0.2, 0.25) is 0 Å². The van der Waals surface area contributed by atoms with Gasteiger partial charge in [0.05, 0.1) is 21.8 Å². The second kappa shape index (κ2) is 6.76. The predicted octanol–water partition coefficient (Wildman–Crippen LogP) is 3.51. The van der Waals surface area contributed by atoms with Gasteiger partial charge < -0.3 is 9.57 Å². The molecule has 92 valence electrons. The van der Waals surface area contributed by atoms with Crippen LogP contribution >= 0.6 is 31.9 Å². The number of ether oxygens (including phenoxy) is 1. The summed E-state index contributed by atoms with van der Waals surface area (Å²) >= 11 is 6.79. The van der Waals surface area contributed by atoms with Crippen molar-refractivity contribution in [3.8, 4) is 5.75 Å². The third kappa shape index (κ3) is 4.47. The van der Waals surface area contributed by atoms with E-state index in [1.54, 1.807) is 0 Å². The number of carbonyl (C=O) groups excluding carboxylic acids is 1. The van der Waals surface area contributed by atoms with Gasteiger partial charge in [0.25, 0.3) is 0 Å². The molecule has 0 unspecified atom stereocenters. The third-order valence-corrected chi connectivity index (χ3v) is 2.87. The molecule has 4 nitrogen and oxygen atoms in total. The lowest BCUT2D eigenvalue weighted by Gasteiger charge is -2.08. The Balaban J connectivity index is 2.90. The summed E-state index contributed by atoms with van der Waals surface area (Å²) in [6.07, 6.45) is 1.45. The first-order chi connectivity index (χ1) is 8.04. The molecule has 0 saturated heterocycles. The second-order valence-electron chi connectivity index (χ2n) is 3.06. The first kappa shape index (κ1) is 14.2. The van der Waals surface area contributed by atoms with Crippen molar-refractivity contribution in [3.63, 3.8) is 0 Å². The zero-order valence-electron chi connectivity index (χ0n) is 9.37. The van der Waals surface area contributed by atoms with Crippen molar-refractivity contribution in [3.05, 3.63) is 26.6 Å².